The number of amides is 2. The zero-order valence-electron chi connectivity index (χ0n) is 15.6. The molecule has 2 heterocycles. The van der Waals surface area contributed by atoms with Gasteiger partial charge in [0.25, 0.3) is 0 Å². The zero-order valence-corrected chi connectivity index (χ0v) is 16.4. The van der Waals surface area contributed by atoms with E-state index in [1.54, 1.807) is 19.2 Å². The average molecular weight is 411 g/mol. The van der Waals surface area contributed by atoms with E-state index in [2.05, 4.69) is 10.3 Å². The van der Waals surface area contributed by atoms with Gasteiger partial charge in [-0.2, -0.15) is 0 Å². The van der Waals surface area contributed by atoms with Crippen LogP contribution in [0.15, 0.2) is 53.9 Å². The Bertz CT molecular complexity index is 1050. The molecule has 148 valence electrons. The maximum atomic E-state index is 14.0. The fraction of sp³-hybridized carbons (Fsp3) is 0.190. The van der Waals surface area contributed by atoms with Gasteiger partial charge in [0, 0.05) is 23.9 Å². The van der Waals surface area contributed by atoms with Crippen molar-refractivity contribution in [2.75, 3.05) is 23.9 Å². The molecule has 0 bridgehead atoms. The number of para-hydroxylation sites is 1. The summed E-state index contributed by atoms with van der Waals surface area (Å²) in [5.41, 5.74) is 1.84. The Labute approximate surface area is 171 Å². The lowest BCUT2D eigenvalue weighted by Gasteiger charge is -2.17. The lowest BCUT2D eigenvalue weighted by atomic mass is 10.1. The van der Waals surface area contributed by atoms with E-state index in [-0.39, 0.29) is 30.5 Å². The van der Waals surface area contributed by atoms with E-state index in [9.17, 15) is 14.0 Å². The van der Waals surface area contributed by atoms with Crippen LogP contribution in [0, 0.1) is 11.7 Å². The number of rotatable bonds is 5. The minimum Gasteiger partial charge on any atom is -0.497 e. The summed E-state index contributed by atoms with van der Waals surface area (Å²) in [5, 5.41) is 5.08. The molecule has 1 N–H and O–H groups in total. The number of thiazole rings is 1. The summed E-state index contributed by atoms with van der Waals surface area (Å²) in [5.74, 6) is -0.856. The molecule has 4 rings (SSSR count). The van der Waals surface area contributed by atoms with Crippen molar-refractivity contribution in [2.45, 2.75) is 6.42 Å². The molecule has 1 saturated heterocycles. The number of aromatic nitrogens is 1. The van der Waals surface area contributed by atoms with E-state index in [4.69, 9.17) is 4.74 Å². The van der Waals surface area contributed by atoms with E-state index in [1.165, 1.54) is 28.4 Å². The topological polar surface area (TPSA) is 71.5 Å². The highest BCUT2D eigenvalue weighted by atomic mass is 32.1. The third-order valence-electron chi connectivity index (χ3n) is 4.76. The van der Waals surface area contributed by atoms with Gasteiger partial charge in [-0.25, -0.2) is 9.37 Å². The van der Waals surface area contributed by atoms with Crippen LogP contribution in [0.2, 0.25) is 0 Å². The Morgan fingerprint density at radius 2 is 2.00 bits per heavy atom. The van der Waals surface area contributed by atoms with Gasteiger partial charge in [-0.3, -0.25) is 9.59 Å². The summed E-state index contributed by atoms with van der Waals surface area (Å²) in [6.45, 7) is 0.141. The first-order valence-corrected chi connectivity index (χ1v) is 9.89. The van der Waals surface area contributed by atoms with E-state index in [1.807, 2.05) is 29.6 Å². The summed E-state index contributed by atoms with van der Waals surface area (Å²) >= 11 is 1.31. The van der Waals surface area contributed by atoms with Gasteiger partial charge in [0.2, 0.25) is 11.8 Å². The van der Waals surface area contributed by atoms with Crippen LogP contribution in [0.5, 0.6) is 5.75 Å². The molecule has 2 aromatic carbocycles. The van der Waals surface area contributed by atoms with Gasteiger partial charge < -0.3 is 15.0 Å². The molecule has 1 aliphatic rings. The Balaban J connectivity index is 1.43. The third kappa shape index (κ3) is 3.97. The number of hydrogen-bond acceptors (Lipinski definition) is 5. The standard InChI is InChI=1S/C21H18FN3O3S/c1-28-15-8-6-13(7-9-15)17-12-29-21(23-17)24-20(27)14-10-19(26)25(11-14)18-5-3-2-4-16(18)22/h2-9,12,14H,10-11H2,1H3,(H,23,24,27)/t14-/m0/s1. The summed E-state index contributed by atoms with van der Waals surface area (Å²) in [6.07, 6.45) is 0.0386. The molecule has 0 saturated carbocycles. The molecule has 2 amide bonds. The molecule has 1 aromatic heterocycles. The molecule has 0 spiro atoms. The number of anilines is 2. The van der Waals surface area contributed by atoms with E-state index >= 15 is 0 Å². The zero-order chi connectivity index (χ0) is 20.4. The average Bonchev–Trinajstić information content (AvgIpc) is 3.35. The predicted octanol–water partition coefficient (Wildman–Crippen LogP) is 3.95. The van der Waals surface area contributed by atoms with Crippen molar-refractivity contribution in [1.29, 1.82) is 0 Å². The molecule has 0 unspecified atom stereocenters. The minimum absolute atomic E-state index is 0.0386. The van der Waals surface area contributed by atoms with E-state index < -0.39 is 11.7 Å². The van der Waals surface area contributed by atoms with Crippen molar-refractivity contribution in [2.24, 2.45) is 5.92 Å². The molecule has 6 nitrogen and oxygen atoms in total. The number of nitrogens with one attached hydrogen (secondary N) is 1. The van der Waals surface area contributed by atoms with Crippen LogP contribution in [-0.4, -0.2) is 30.5 Å². The Kier molecular flexibility index (Phi) is 5.26. The van der Waals surface area contributed by atoms with E-state index in [0.717, 1.165) is 17.0 Å². The minimum atomic E-state index is -0.560. The SMILES string of the molecule is COc1ccc(-c2csc(NC(=O)[C@H]3CC(=O)N(c4ccccc4F)C3)n2)cc1. The second kappa shape index (κ2) is 8.00. The van der Waals surface area contributed by atoms with Crippen LogP contribution in [0.25, 0.3) is 11.3 Å². The largest absolute Gasteiger partial charge is 0.497 e. The smallest absolute Gasteiger partial charge is 0.231 e. The number of carbonyl (C=O) groups is 2. The van der Waals surface area contributed by atoms with Crippen LogP contribution in [0.3, 0.4) is 0 Å². The summed E-state index contributed by atoms with van der Waals surface area (Å²) < 4.78 is 19.1. The number of halogens is 1. The quantitative estimate of drug-likeness (QED) is 0.690. The maximum Gasteiger partial charge on any atom is 0.231 e. The first-order chi connectivity index (χ1) is 14.0. The summed E-state index contributed by atoms with van der Waals surface area (Å²) in [4.78, 5) is 30.7. The van der Waals surface area contributed by atoms with Crippen LogP contribution < -0.4 is 15.0 Å². The first-order valence-electron chi connectivity index (χ1n) is 9.01. The predicted molar refractivity (Wildman–Crippen MR) is 110 cm³/mol. The van der Waals surface area contributed by atoms with Gasteiger partial charge >= 0.3 is 0 Å². The van der Waals surface area contributed by atoms with Gasteiger partial charge in [0.15, 0.2) is 5.13 Å². The Morgan fingerprint density at radius 3 is 2.72 bits per heavy atom. The monoisotopic (exact) mass is 411 g/mol. The van der Waals surface area contributed by atoms with Crippen molar-refractivity contribution < 1.29 is 18.7 Å². The molecule has 0 radical (unpaired) electrons. The second-order valence-electron chi connectivity index (χ2n) is 6.61. The van der Waals surface area contributed by atoms with Crippen molar-refractivity contribution in [3.05, 3.63) is 59.7 Å². The Hall–Kier alpha value is -3.26. The highest BCUT2D eigenvalue weighted by Gasteiger charge is 2.36. The van der Waals surface area contributed by atoms with Crippen molar-refractivity contribution in [3.8, 4) is 17.0 Å². The molecule has 1 aliphatic heterocycles. The van der Waals surface area contributed by atoms with E-state index in [0.29, 0.717) is 5.13 Å². The number of hydrogen-bond donors (Lipinski definition) is 1. The molecule has 8 heteroatoms. The Morgan fingerprint density at radius 1 is 1.24 bits per heavy atom. The highest BCUT2D eigenvalue weighted by molar-refractivity contribution is 7.14. The fourth-order valence-corrected chi connectivity index (χ4v) is 3.94. The van der Waals surface area contributed by atoms with Crippen molar-refractivity contribution in [1.82, 2.24) is 4.98 Å². The summed E-state index contributed by atoms with van der Waals surface area (Å²) in [7, 11) is 1.60. The van der Waals surface area contributed by atoms with Crippen LogP contribution in [0.1, 0.15) is 6.42 Å². The first kappa shape index (κ1) is 19.1. The molecule has 0 aliphatic carbocycles. The van der Waals surface area contributed by atoms with Gasteiger partial charge in [-0.05, 0) is 36.4 Å². The lowest BCUT2D eigenvalue weighted by molar-refractivity contribution is -0.122. The van der Waals surface area contributed by atoms with Gasteiger partial charge in [-0.1, -0.05) is 12.1 Å². The normalized spacial score (nSPS) is 16.1. The maximum absolute atomic E-state index is 14.0. The van der Waals surface area contributed by atoms with Crippen LogP contribution >= 0.6 is 11.3 Å². The number of benzene rings is 2. The summed E-state index contributed by atoms with van der Waals surface area (Å²) in [6, 6.07) is 13.5. The molecule has 1 atom stereocenters. The molecule has 29 heavy (non-hydrogen) atoms. The van der Waals surface area contributed by atoms with Gasteiger partial charge in [0.1, 0.15) is 11.6 Å². The van der Waals surface area contributed by atoms with Gasteiger partial charge in [0.05, 0.1) is 24.4 Å². The molecular formula is C21H18FN3O3S. The molecular weight excluding hydrogens is 393 g/mol. The highest BCUT2D eigenvalue weighted by Crippen LogP contribution is 2.30. The number of methoxy groups -OCH3 is 1. The lowest BCUT2D eigenvalue weighted by Crippen LogP contribution is -2.28. The number of carbonyl (C=O) groups excluding carboxylic acids is 2. The third-order valence-corrected chi connectivity index (χ3v) is 5.52. The molecule has 3 aromatic rings. The number of ether oxygens (including phenoxy) is 1. The van der Waals surface area contributed by atoms with Crippen LogP contribution in [0.4, 0.5) is 15.2 Å². The van der Waals surface area contributed by atoms with Crippen molar-refractivity contribution in [3.63, 3.8) is 0 Å². The molecule has 1 fully saturated rings. The second-order valence-corrected chi connectivity index (χ2v) is 7.47. The fourth-order valence-electron chi connectivity index (χ4n) is 3.22. The van der Waals surface area contributed by atoms with Crippen molar-refractivity contribution >= 4 is 34.0 Å². The van der Waals surface area contributed by atoms with Gasteiger partial charge in [-0.15, -0.1) is 11.3 Å². The number of nitrogens with zero attached hydrogens (tertiary/aromatic N) is 2. The van der Waals surface area contributed by atoms with Crippen LogP contribution in [-0.2, 0) is 9.59 Å².